The van der Waals surface area contributed by atoms with Crippen molar-refractivity contribution in [3.63, 3.8) is 0 Å². The Morgan fingerprint density at radius 2 is 1.70 bits per heavy atom. The highest BCUT2D eigenvalue weighted by atomic mass is 16.7. The van der Waals surface area contributed by atoms with Gasteiger partial charge in [-0.05, 0) is 22.3 Å². The Balaban J connectivity index is 1.45. The summed E-state index contributed by atoms with van der Waals surface area (Å²) in [6.45, 7) is -0.569. The van der Waals surface area contributed by atoms with Gasteiger partial charge in [-0.15, -0.1) is 0 Å². The number of carboxylic acid groups (broad SMARTS) is 1. The van der Waals surface area contributed by atoms with Gasteiger partial charge in [0.05, 0.1) is 11.9 Å². The van der Waals surface area contributed by atoms with Gasteiger partial charge < -0.3 is 9.84 Å². The number of aromatic nitrogens is 2. The molecular formula is C23H22N4O6. The monoisotopic (exact) mass is 450 g/mol. The summed E-state index contributed by atoms with van der Waals surface area (Å²) < 4.78 is 6.76. The van der Waals surface area contributed by atoms with Gasteiger partial charge in [0.1, 0.15) is 6.61 Å². The summed E-state index contributed by atoms with van der Waals surface area (Å²) in [5.41, 5.74) is 4.53. The van der Waals surface area contributed by atoms with Gasteiger partial charge in [-0.1, -0.05) is 48.5 Å². The van der Waals surface area contributed by atoms with Crippen LogP contribution in [0.1, 0.15) is 27.5 Å². The number of fused-ring (bicyclic) bond motifs is 3. The van der Waals surface area contributed by atoms with Crippen LogP contribution in [-0.2, 0) is 21.4 Å². The van der Waals surface area contributed by atoms with E-state index >= 15 is 0 Å². The number of benzene rings is 2. The number of nitrogens with zero attached hydrogens (tertiary/aromatic N) is 3. The van der Waals surface area contributed by atoms with E-state index in [0.29, 0.717) is 0 Å². The van der Waals surface area contributed by atoms with Crippen molar-refractivity contribution < 1.29 is 29.1 Å². The highest BCUT2D eigenvalue weighted by Gasteiger charge is 2.29. The van der Waals surface area contributed by atoms with Gasteiger partial charge >= 0.3 is 12.1 Å². The molecule has 0 unspecified atom stereocenters. The van der Waals surface area contributed by atoms with Crippen LogP contribution in [0.5, 0.6) is 0 Å². The Hall–Kier alpha value is -4.18. The zero-order chi connectivity index (χ0) is 23.5. The lowest BCUT2D eigenvalue weighted by Crippen LogP contribution is -2.31. The van der Waals surface area contributed by atoms with Crippen LogP contribution in [0.25, 0.3) is 11.1 Å². The van der Waals surface area contributed by atoms with Gasteiger partial charge in [0, 0.05) is 20.0 Å². The number of carbonyl (C=O) groups excluding carboxylic acids is 2. The summed E-state index contributed by atoms with van der Waals surface area (Å²) in [6.07, 6.45) is 0.563. The van der Waals surface area contributed by atoms with Gasteiger partial charge in [-0.3, -0.25) is 19.6 Å². The summed E-state index contributed by atoms with van der Waals surface area (Å²) >= 11 is 0. The van der Waals surface area contributed by atoms with Crippen molar-refractivity contribution in [3.8, 4) is 11.1 Å². The SMILES string of the molecule is CN(OCC(=O)O)C(=O)c1c(NC(=O)OCC2c3ccccc3-c3ccccc32)cnn1C. The fourth-order valence-corrected chi connectivity index (χ4v) is 3.89. The first kappa shape index (κ1) is 22.0. The number of rotatable bonds is 7. The number of carboxylic acids is 1. The fourth-order valence-electron chi connectivity index (χ4n) is 3.89. The molecule has 2 aromatic carbocycles. The zero-order valence-corrected chi connectivity index (χ0v) is 18.0. The van der Waals surface area contributed by atoms with E-state index in [1.54, 1.807) is 0 Å². The van der Waals surface area contributed by atoms with E-state index in [0.717, 1.165) is 27.3 Å². The molecule has 10 nitrogen and oxygen atoms in total. The predicted octanol–water partition coefficient (Wildman–Crippen LogP) is 2.87. The minimum Gasteiger partial charge on any atom is -0.479 e. The molecule has 0 fully saturated rings. The second-order valence-corrected chi connectivity index (χ2v) is 7.45. The first-order valence-corrected chi connectivity index (χ1v) is 10.1. The highest BCUT2D eigenvalue weighted by Crippen LogP contribution is 2.44. The number of hydroxylamine groups is 2. The van der Waals surface area contributed by atoms with Crippen LogP contribution in [0.4, 0.5) is 10.5 Å². The maximum Gasteiger partial charge on any atom is 0.411 e. The maximum absolute atomic E-state index is 12.6. The minimum absolute atomic E-state index is 0.0106. The first-order valence-electron chi connectivity index (χ1n) is 10.1. The molecule has 1 aromatic heterocycles. The third-order valence-corrected chi connectivity index (χ3v) is 5.39. The van der Waals surface area contributed by atoms with Gasteiger partial charge in [0.2, 0.25) is 0 Å². The number of amides is 2. The highest BCUT2D eigenvalue weighted by molar-refractivity contribution is 6.00. The summed E-state index contributed by atoms with van der Waals surface area (Å²) in [5.74, 6) is -2.00. The smallest absolute Gasteiger partial charge is 0.411 e. The molecule has 0 saturated carbocycles. The molecule has 1 aliphatic rings. The van der Waals surface area contributed by atoms with Crippen molar-refractivity contribution in [1.29, 1.82) is 0 Å². The van der Waals surface area contributed by atoms with Crippen molar-refractivity contribution in [2.45, 2.75) is 5.92 Å². The maximum atomic E-state index is 12.6. The Morgan fingerprint density at radius 1 is 1.09 bits per heavy atom. The molecule has 0 aliphatic heterocycles. The molecule has 2 N–H and O–H groups in total. The average molecular weight is 450 g/mol. The average Bonchev–Trinajstić information content (AvgIpc) is 3.33. The lowest BCUT2D eigenvalue weighted by Gasteiger charge is -2.17. The predicted molar refractivity (Wildman–Crippen MR) is 118 cm³/mol. The number of ether oxygens (including phenoxy) is 1. The van der Waals surface area contributed by atoms with E-state index in [1.807, 2.05) is 48.5 Å². The van der Waals surface area contributed by atoms with Crippen LogP contribution in [0, 0.1) is 0 Å². The lowest BCUT2D eigenvalue weighted by atomic mass is 9.98. The second kappa shape index (κ2) is 9.13. The Kier molecular flexibility index (Phi) is 6.09. The molecule has 3 aromatic rings. The second-order valence-electron chi connectivity index (χ2n) is 7.45. The van der Waals surface area contributed by atoms with E-state index in [4.69, 9.17) is 14.7 Å². The standard InChI is InChI=1S/C23H22N4O6/c1-26-21(22(30)27(2)33-13-20(28)29)19(11-24-26)25-23(31)32-12-18-16-9-5-3-7-14(16)15-8-4-6-10-17(15)18/h3-11,18H,12-13H2,1-2H3,(H,25,31)(H,28,29). The molecule has 10 heteroatoms. The van der Waals surface area contributed by atoms with Gasteiger partial charge in [0.25, 0.3) is 5.91 Å². The number of aliphatic carboxylic acids is 1. The van der Waals surface area contributed by atoms with Crippen molar-refractivity contribution >= 4 is 23.7 Å². The molecule has 170 valence electrons. The summed E-state index contributed by atoms with van der Waals surface area (Å²) in [7, 11) is 2.79. The third kappa shape index (κ3) is 4.41. The number of carbonyl (C=O) groups is 3. The van der Waals surface area contributed by atoms with Crippen LogP contribution in [0.2, 0.25) is 0 Å². The third-order valence-electron chi connectivity index (χ3n) is 5.39. The van der Waals surface area contributed by atoms with E-state index in [-0.39, 0.29) is 23.9 Å². The van der Waals surface area contributed by atoms with Crippen molar-refractivity contribution in [2.24, 2.45) is 7.05 Å². The van der Waals surface area contributed by atoms with E-state index in [9.17, 15) is 14.4 Å². The Labute approximate surface area is 189 Å². The van der Waals surface area contributed by atoms with Gasteiger partial charge in [-0.2, -0.15) is 5.10 Å². The lowest BCUT2D eigenvalue weighted by molar-refractivity contribution is -0.159. The molecule has 0 saturated heterocycles. The van der Waals surface area contributed by atoms with Crippen LogP contribution in [-0.4, -0.2) is 58.2 Å². The quantitative estimate of drug-likeness (QED) is 0.531. The number of hydrogen-bond acceptors (Lipinski definition) is 6. The number of anilines is 1. The van der Waals surface area contributed by atoms with E-state index < -0.39 is 24.6 Å². The van der Waals surface area contributed by atoms with Crippen molar-refractivity contribution in [2.75, 3.05) is 25.6 Å². The van der Waals surface area contributed by atoms with E-state index in [1.165, 1.54) is 25.0 Å². The molecule has 4 rings (SSSR count). The number of aryl methyl sites for hydroxylation is 1. The number of nitrogens with one attached hydrogen (secondary N) is 1. The molecule has 0 atom stereocenters. The van der Waals surface area contributed by atoms with Gasteiger partial charge in [0.15, 0.2) is 12.3 Å². The number of hydrogen-bond donors (Lipinski definition) is 2. The van der Waals surface area contributed by atoms with Crippen molar-refractivity contribution in [1.82, 2.24) is 14.8 Å². The minimum atomic E-state index is -1.23. The van der Waals surface area contributed by atoms with E-state index in [2.05, 4.69) is 10.4 Å². The molecule has 0 spiro atoms. The normalized spacial score (nSPS) is 12.1. The molecule has 33 heavy (non-hydrogen) atoms. The van der Waals surface area contributed by atoms with Crippen molar-refractivity contribution in [3.05, 3.63) is 71.5 Å². The van der Waals surface area contributed by atoms with Crippen LogP contribution in [0.15, 0.2) is 54.7 Å². The Bertz CT molecular complexity index is 1180. The topological polar surface area (TPSA) is 123 Å². The van der Waals surface area contributed by atoms with Gasteiger partial charge in [-0.25, -0.2) is 14.7 Å². The molecule has 2 amide bonds. The molecule has 1 aliphatic carbocycles. The Morgan fingerprint density at radius 3 is 2.30 bits per heavy atom. The van der Waals surface area contributed by atoms with Crippen LogP contribution >= 0.6 is 0 Å². The first-order chi connectivity index (χ1) is 15.9. The molecule has 0 bridgehead atoms. The summed E-state index contributed by atoms with van der Waals surface area (Å²) in [5, 5.41) is 16.0. The zero-order valence-electron chi connectivity index (χ0n) is 18.0. The fraction of sp³-hybridized carbons (Fsp3) is 0.217. The summed E-state index contributed by atoms with van der Waals surface area (Å²) in [6, 6.07) is 16.0. The summed E-state index contributed by atoms with van der Waals surface area (Å²) in [4.78, 5) is 40.8. The van der Waals surface area contributed by atoms with Crippen LogP contribution < -0.4 is 5.32 Å². The molecule has 1 heterocycles. The largest absolute Gasteiger partial charge is 0.479 e. The molecular weight excluding hydrogens is 428 g/mol. The molecule has 0 radical (unpaired) electrons. The van der Waals surface area contributed by atoms with Crippen LogP contribution in [0.3, 0.4) is 0 Å².